The normalized spacial score (nSPS) is 18.4. The fourth-order valence-corrected chi connectivity index (χ4v) is 3.17. The molecule has 0 saturated heterocycles. The third-order valence-electron chi connectivity index (χ3n) is 3.67. The zero-order chi connectivity index (χ0) is 13.6. The molecule has 3 rings (SSSR count). The standard InChI is InChI=1S/C14H15Cl2N3/c1-8-13-10(17)5-3-6-11(13)19(18-8)12-7-2-4-9(15)14(12)16/h2,4,7,10H,3,5-6,17H2,1H3. The van der Waals surface area contributed by atoms with E-state index in [9.17, 15) is 0 Å². The number of nitrogens with two attached hydrogens (primary N) is 1. The molecular weight excluding hydrogens is 281 g/mol. The smallest absolute Gasteiger partial charge is 0.0850 e. The molecule has 0 spiro atoms. The second kappa shape index (κ2) is 4.82. The van der Waals surface area contributed by atoms with Crippen molar-refractivity contribution in [3.05, 3.63) is 45.2 Å². The fourth-order valence-electron chi connectivity index (χ4n) is 2.80. The summed E-state index contributed by atoms with van der Waals surface area (Å²) in [5.74, 6) is 0. The Balaban J connectivity index is 2.22. The van der Waals surface area contributed by atoms with Crippen LogP contribution in [0.1, 0.15) is 35.8 Å². The van der Waals surface area contributed by atoms with Gasteiger partial charge < -0.3 is 5.73 Å². The van der Waals surface area contributed by atoms with Crippen LogP contribution in [-0.2, 0) is 6.42 Å². The number of aromatic nitrogens is 2. The summed E-state index contributed by atoms with van der Waals surface area (Å²) in [6.07, 6.45) is 3.08. The maximum atomic E-state index is 6.29. The lowest BCUT2D eigenvalue weighted by atomic mass is 9.92. The van der Waals surface area contributed by atoms with Crippen molar-refractivity contribution in [3.63, 3.8) is 0 Å². The van der Waals surface area contributed by atoms with Crippen molar-refractivity contribution in [1.29, 1.82) is 0 Å². The third-order valence-corrected chi connectivity index (χ3v) is 4.47. The highest BCUT2D eigenvalue weighted by Crippen LogP contribution is 2.35. The lowest BCUT2D eigenvalue weighted by molar-refractivity contribution is 0.557. The Hall–Kier alpha value is -1.03. The molecule has 0 radical (unpaired) electrons. The first kappa shape index (κ1) is 13.0. The van der Waals surface area contributed by atoms with Crippen LogP contribution in [0, 0.1) is 6.92 Å². The predicted molar refractivity (Wildman–Crippen MR) is 78.2 cm³/mol. The molecule has 1 heterocycles. The fraction of sp³-hybridized carbons (Fsp3) is 0.357. The maximum Gasteiger partial charge on any atom is 0.0850 e. The summed E-state index contributed by atoms with van der Waals surface area (Å²) in [5, 5.41) is 5.69. The quantitative estimate of drug-likeness (QED) is 0.869. The molecule has 0 fully saturated rings. The van der Waals surface area contributed by atoms with Gasteiger partial charge in [-0.25, -0.2) is 4.68 Å². The Kier molecular flexibility index (Phi) is 3.29. The molecule has 1 atom stereocenters. The van der Waals surface area contributed by atoms with Gasteiger partial charge in [0.2, 0.25) is 0 Å². The molecule has 1 aliphatic carbocycles. The minimum Gasteiger partial charge on any atom is -0.324 e. The Labute approximate surface area is 122 Å². The van der Waals surface area contributed by atoms with E-state index in [0.29, 0.717) is 10.0 Å². The van der Waals surface area contributed by atoms with Crippen molar-refractivity contribution >= 4 is 23.2 Å². The van der Waals surface area contributed by atoms with Gasteiger partial charge >= 0.3 is 0 Å². The number of hydrogen-bond acceptors (Lipinski definition) is 2. The minimum atomic E-state index is 0.0791. The number of benzene rings is 1. The van der Waals surface area contributed by atoms with Crippen LogP contribution < -0.4 is 5.73 Å². The third kappa shape index (κ3) is 2.06. The average molecular weight is 296 g/mol. The summed E-state index contributed by atoms with van der Waals surface area (Å²) in [4.78, 5) is 0. The van der Waals surface area contributed by atoms with Crippen molar-refractivity contribution in [2.45, 2.75) is 32.2 Å². The van der Waals surface area contributed by atoms with Gasteiger partial charge in [-0.1, -0.05) is 29.3 Å². The van der Waals surface area contributed by atoms with Crippen LogP contribution in [0.15, 0.2) is 18.2 Å². The van der Waals surface area contributed by atoms with Crippen LogP contribution in [0.5, 0.6) is 0 Å². The number of halogens is 2. The summed E-state index contributed by atoms with van der Waals surface area (Å²) >= 11 is 12.4. The molecule has 1 aromatic carbocycles. The van der Waals surface area contributed by atoms with Crippen molar-refractivity contribution in [1.82, 2.24) is 9.78 Å². The summed E-state index contributed by atoms with van der Waals surface area (Å²) < 4.78 is 1.90. The topological polar surface area (TPSA) is 43.8 Å². The molecule has 5 heteroatoms. The zero-order valence-corrected chi connectivity index (χ0v) is 12.2. The van der Waals surface area contributed by atoms with E-state index in [1.54, 1.807) is 6.07 Å². The van der Waals surface area contributed by atoms with Gasteiger partial charge in [0.15, 0.2) is 0 Å². The van der Waals surface area contributed by atoms with E-state index in [-0.39, 0.29) is 6.04 Å². The van der Waals surface area contributed by atoms with E-state index in [4.69, 9.17) is 28.9 Å². The summed E-state index contributed by atoms with van der Waals surface area (Å²) in [6, 6.07) is 5.68. The van der Waals surface area contributed by atoms with E-state index in [1.165, 1.54) is 11.3 Å². The Morgan fingerprint density at radius 3 is 2.95 bits per heavy atom. The van der Waals surface area contributed by atoms with Gasteiger partial charge in [0, 0.05) is 17.3 Å². The van der Waals surface area contributed by atoms with Gasteiger partial charge in [-0.3, -0.25) is 0 Å². The Morgan fingerprint density at radius 2 is 2.16 bits per heavy atom. The van der Waals surface area contributed by atoms with Crippen LogP contribution in [-0.4, -0.2) is 9.78 Å². The minimum absolute atomic E-state index is 0.0791. The van der Waals surface area contributed by atoms with Gasteiger partial charge in [-0.2, -0.15) is 5.10 Å². The van der Waals surface area contributed by atoms with Crippen LogP contribution in [0.2, 0.25) is 10.0 Å². The van der Waals surface area contributed by atoms with Crippen molar-refractivity contribution < 1.29 is 0 Å². The second-order valence-electron chi connectivity index (χ2n) is 4.93. The SMILES string of the molecule is Cc1nn(-c2cccc(Cl)c2Cl)c2c1C(N)CCC2. The highest BCUT2D eigenvalue weighted by molar-refractivity contribution is 6.43. The number of hydrogen-bond donors (Lipinski definition) is 1. The van der Waals surface area contributed by atoms with Crippen LogP contribution in [0.3, 0.4) is 0 Å². The number of nitrogens with zero attached hydrogens (tertiary/aromatic N) is 2. The summed E-state index contributed by atoms with van der Waals surface area (Å²) in [6.45, 7) is 2.00. The Morgan fingerprint density at radius 1 is 1.37 bits per heavy atom. The van der Waals surface area contributed by atoms with E-state index < -0.39 is 0 Å². The molecule has 1 aliphatic rings. The molecule has 19 heavy (non-hydrogen) atoms. The first-order valence-electron chi connectivity index (χ1n) is 6.38. The van der Waals surface area contributed by atoms with Gasteiger partial charge in [-0.15, -0.1) is 0 Å². The summed E-state index contributed by atoms with van der Waals surface area (Å²) in [7, 11) is 0. The summed E-state index contributed by atoms with van der Waals surface area (Å²) in [5.41, 5.74) is 10.3. The molecule has 2 N–H and O–H groups in total. The van der Waals surface area contributed by atoms with Crippen molar-refractivity contribution in [3.8, 4) is 5.69 Å². The lowest BCUT2D eigenvalue weighted by Gasteiger charge is -2.20. The first-order chi connectivity index (χ1) is 9.09. The van der Waals surface area contributed by atoms with Gasteiger partial charge in [0.05, 0.1) is 21.4 Å². The molecule has 100 valence electrons. The van der Waals surface area contributed by atoms with Gasteiger partial charge in [-0.05, 0) is 38.3 Å². The monoisotopic (exact) mass is 295 g/mol. The van der Waals surface area contributed by atoms with Crippen molar-refractivity contribution in [2.75, 3.05) is 0 Å². The highest BCUT2D eigenvalue weighted by atomic mass is 35.5. The molecule has 1 unspecified atom stereocenters. The largest absolute Gasteiger partial charge is 0.324 e. The molecule has 2 aromatic rings. The van der Waals surface area contributed by atoms with Crippen LogP contribution in [0.4, 0.5) is 0 Å². The van der Waals surface area contributed by atoms with Crippen molar-refractivity contribution in [2.24, 2.45) is 5.73 Å². The molecule has 0 saturated carbocycles. The van der Waals surface area contributed by atoms with Gasteiger partial charge in [0.25, 0.3) is 0 Å². The maximum absolute atomic E-state index is 6.29. The second-order valence-corrected chi connectivity index (χ2v) is 5.71. The molecule has 0 amide bonds. The Bertz CT molecular complexity index is 634. The molecule has 0 bridgehead atoms. The molecule has 3 nitrogen and oxygen atoms in total. The lowest BCUT2D eigenvalue weighted by Crippen LogP contribution is -2.18. The van der Waals surface area contributed by atoms with Crippen LogP contribution in [0.25, 0.3) is 5.69 Å². The number of aryl methyl sites for hydroxylation is 1. The zero-order valence-electron chi connectivity index (χ0n) is 10.7. The number of rotatable bonds is 1. The highest BCUT2D eigenvalue weighted by Gasteiger charge is 2.25. The average Bonchev–Trinajstić information content (AvgIpc) is 2.72. The number of fused-ring (bicyclic) bond motifs is 1. The molecule has 0 aliphatic heterocycles. The van der Waals surface area contributed by atoms with E-state index in [2.05, 4.69) is 5.10 Å². The van der Waals surface area contributed by atoms with Crippen LogP contribution >= 0.6 is 23.2 Å². The van der Waals surface area contributed by atoms with E-state index >= 15 is 0 Å². The molecular formula is C14H15Cl2N3. The first-order valence-corrected chi connectivity index (χ1v) is 7.13. The van der Waals surface area contributed by atoms with E-state index in [1.807, 2.05) is 23.7 Å². The van der Waals surface area contributed by atoms with Gasteiger partial charge in [0.1, 0.15) is 0 Å². The predicted octanol–water partition coefficient (Wildman–Crippen LogP) is 3.82. The molecule has 1 aromatic heterocycles. The van der Waals surface area contributed by atoms with E-state index in [0.717, 1.165) is 30.6 Å².